The maximum Gasteiger partial charge on any atom is 0.306 e. The second-order valence-electron chi connectivity index (χ2n) is 23.8. The highest BCUT2D eigenvalue weighted by atomic mass is 16.6. The molecule has 0 aromatic carbocycles. The van der Waals surface area contributed by atoms with Crippen LogP contribution in [0.4, 0.5) is 0 Å². The predicted molar refractivity (Wildman–Crippen MR) is 307 cm³/mol. The Hall–Kier alpha value is -1.59. The molecule has 0 aromatic rings. The van der Waals surface area contributed by atoms with Gasteiger partial charge in [0.05, 0.1) is 0 Å². The van der Waals surface area contributed by atoms with Crippen LogP contribution in [0.3, 0.4) is 0 Å². The molecule has 0 heterocycles. The molecule has 0 spiro atoms. The molecule has 0 aliphatic carbocycles. The zero-order valence-electron chi connectivity index (χ0n) is 49.0. The zero-order valence-corrected chi connectivity index (χ0v) is 49.0. The van der Waals surface area contributed by atoms with Gasteiger partial charge in [0.25, 0.3) is 0 Å². The van der Waals surface area contributed by atoms with Crippen molar-refractivity contribution in [3.8, 4) is 0 Å². The lowest BCUT2D eigenvalue weighted by Gasteiger charge is -2.18. The molecule has 0 aromatic heterocycles. The molecule has 0 N–H and O–H groups in total. The van der Waals surface area contributed by atoms with Crippen LogP contribution in [0, 0.1) is 17.8 Å². The summed E-state index contributed by atoms with van der Waals surface area (Å²) in [5.41, 5.74) is 0. The van der Waals surface area contributed by atoms with Gasteiger partial charge < -0.3 is 14.2 Å². The summed E-state index contributed by atoms with van der Waals surface area (Å²) in [7, 11) is 0. The van der Waals surface area contributed by atoms with Crippen molar-refractivity contribution < 1.29 is 28.6 Å². The highest BCUT2D eigenvalue weighted by Gasteiger charge is 2.19. The largest absolute Gasteiger partial charge is 0.462 e. The van der Waals surface area contributed by atoms with Crippen molar-refractivity contribution in [3.05, 3.63) is 0 Å². The summed E-state index contributed by atoms with van der Waals surface area (Å²) in [5, 5.41) is 0. The molecular weight excluding hydrogens is 877 g/mol. The van der Waals surface area contributed by atoms with Gasteiger partial charge in [0.15, 0.2) is 6.10 Å². The van der Waals surface area contributed by atoms with Gasteiger partial charge in [-0.1, -0.05) is 324 Å². The Morgan fingerprint density at radius 3 is 0.606 bits per heavy atom. The van der Waals surface area contributed by atoms with Crippen molar-refractivity contribution in [1.82, 2.24) is 0 Å². The quantitative estimate of drug-likeness (QED) is 0.0343. The third-order valence-electron chi connectivity index (χ3n) is 14.9. The molecule has 6 nitrogen and oxygen atoms in total. The molecule has 0 aliphatic rings. The van der Waals surface area contributed by atoms with Crippen LogP contribution in [0.2, 0.25) is 0 Å². The van der Waals surface area contributed by atoms with E-state index < -0.39 is 6.10 Å². The summed E-state index contributed by atoms with van der Waals surface area (Å²) < 4.78 is 17.0. The fourth-order valence-corrected chi connectivity index (χ4v) is 10.1. The average molecular weight is 1000 g/mol. The minimum Gasteiger partial charge on any atom is -0.462 e. The van der Waals surface area contributed by atoms with Gasteiger partial charge in [-0.05, 0) is 37.0 Å². The van der Waals surface area contributed by atoms with Crippen LogP contribution >= 0.6 is 0 Å². The van der Waals surface area contributed by atoms with E-state index in [1.165, 1.54) is 244 Å². The van der Waals surface area contributed by atoms with Crippen LogP contribution in [0.25, 0.3) is 0 Å². The molecule has 0 bridgehead atoms. The predicted octanol–water partition coefficient (Wildman–Crippen LogP) is 21.5. The van der Waals surface area contributed by atoms with Crippen LogP contribution in [-0.4, -0.2) is 37.2 Å². The lowest BCUT2D eigenvalue weighted by atomic mass is 10.0. The standard InChI is InChI=1S/C65H126O6/c1-59(2)51-45-39-33-27-21-15-9-7-11-18-24-30-36-42-48-54-63(66)69-57-62(58-70-64(67)55-49-43-37-31-25-19-14-13-17-23-29-35-41-47-53-61(5)6)71-65(68)56-50-44-38-32-26-20-12-8-10-16-22-28-34-40-46-52-60(3)4/h59-62H,7-58H2,1-6H3/t62-/m1/s1. The molecule has 0 aliphatic heterocycles. The first-order chi connectivity index (χ1) is 34.6. The number of rotatable bonds is 58. The van der Waals surface area contributed by atoms with Crippen molar-refractivity contribution in [2.75, 3.05) is 13.2 Å². The van der Waals surface area contributed by atoms with Gasteiger partial charge >= 0.3 is 17.9 Å². The van der Waals surface area contributed by atoms with Gasteiger partial charge in [0.1, 0.15) is 13.2 Å². The number of unbranched alkanes of at least 4 members (excludes halogenated alkanes) is 41. The fourth-order valence-electron chi connectivity index (χ4n) is 10.1. The summed E-state index contributed by atoms with van der Waals surface area (Å²) in [5.74, 6) is 1.71. The summed E-state index contributed by atoms with van der Waals surface area (Å²) in [6.45, 7) is 13.8. The zero-order chi connectivity index (χ0) is 51.9. The molecule has 0 saturated carbocycles. The number of hydrogen-bond donors (Lipinski definition) is 0. The second kappa shape index (κ2) is 56.1. The summed E-state index contributed by atoms with van der Waals surface area (Å²) in [6, 6.07) is 0. The molecule has 6 heteroatoms. The lowest BCUT2D eigenvalue weighted by Crippen LogP contribution is -2.30. The smallest absolute Gasteiger partial charge is 0.306 e. The van der Waals surface area contributed by atoms with Crippen molar-refractivity contribution in [2.45, 2.75) is 369 Å². The molecular formula is C65H126O6. The molecule has 0 saturated heterocycles. The van der Waals surface area contributed by atoms with Crippen molar-refractivity contribution in [1.29, 1.82) is 0 Å². The summed E-state index contributed by atoms with van der Waals surface area (Å²) >= 11 is 0. The van der Waals surface area contributed by atoms with Gasteiger partial charge in [-0.2, -0.15) is 0 Å². The second-order valence-corrected chi connectivity index (χ2v) is 23.8. The molecule has 422 valence electrons. The SMILES string of the molecule is CC(C)CCCCCCCCCCCCCCCCCC(=O)OC[C@H](COC(=O)CCCCCCCCCCCCCCCCC(C)C)OC(=O)CCCCCCCCCCCCCCCCCC(C)C. The van der Waals surface area contributed by atoms with Crippen molar-refractivity contribution >= 4 is 17.9 Å². The van der Waals surface area contributed by atoms with Gasteiger partial charge in [0.2, 0.25) is 0 Å². The van der Waals surface area contributed by atoms with E-state index in [0.717, 1.165) is 75.5 Å². The topological polar surface area (TPSA) is 78.9 Å². The molecule has 0 unspecified atom stereocenters. The number of carbonyl (C=O) groups excluding carboxylic acids is 3. The maximum atomic E-state index is 12.9. The van der Waals surface area contributed by atoms with E-state index in [1.54, 1.807) is 0 Å². The minimum absolute atomic E-state index is 0.0625. The van der Waals surface area contributed by atoms with Gasteiger partial charge in [-0.25, -0.2) is 0 Å². The molecule has 0 fully saturated rings. The molecule has 0 amide bonds. The van der Waals surface area contributed by atoms with Crippen LogP contribution in [-0.2, 0) is 28.6 Å². The first kappa shape index (κ1) is 69.4. The van der Waals surface area contributed by atoms with Crippen LogP contribution in [0.15, 0.2) is 0 Å². The Morgan fingerprint density at radius 1 is 0.239 bits per heavy atom. The number of hydrogen-bond acceptors (Lipinski definition) is 6. The monoisotopic (exact) mass is 1000 g/mol. The third-order valence-corrected chi connectivity index (χ3v) is 14.9. The van der Waals surface area contributed by atoms with Gasteiger partial charge in [-0.3, -0.25) is 14.4 Å². The number of esters is 3. The summed E-state index contributed by atoms with van der Waals surface area (Å²) in [6.07, 6.45) is 61.0. The van der Waals surface area contributed by atoms with Gasteiger partial charge in [0, 0.05) is 19.3 Å². The van der Waals surface area contributed by atoms with Gasteiger partial charge in [-0.15, -0.1) is 0 Å². The molecule has 0 rings (SSSR count). The lowest BCUT2D eigenvalue weighted by molar-refractivity contribution is -0.167. The maximum absolute atomic E-state index is 12.9. The Labute approximate surface area is 444 Å². The Bertz CT molecular complexity index is 1100. The third kappa shape index (κ3) is 59.2. The van der Waals surface area contributed by atoms with E-state index in [9.17, 15) is 14.4 Å². The van der Waals surface area contributed by atoms with Crippen molar-refractivity contribution in [2.24, 2.45) is 17.8 Å². The number of ether oxygens (including phenoxy) is 3. The summed E-state index contributed by atoms with van der Waals surface area (Å²) in [4.78, 5) is 38.3. The first-order valence-corrected chi connectivity index (χ1v) is 32.1. The van der Waals surface area contributed by atoms with Crippen LogP contribution in [0.5, 0.6) is 0 Å². The Kier molecular flexibility index (Phi) is 54.9. The number of carbonyl (C=O) groups is 3. The van der Waals surface area contributed by atoms with E-state index in [1.807, 2.05) is 0 Å². The average Bonchev–Trinajstić information content (AvgIpc) is 3.33. The fraction of sp³-hybridized carbons (Fsp3) is 0.954. The van der Waals surface area contributed by atoms with Crippen molar-refractivity contribution in [3.63, 3.8) is 0 Å². The van der Waals surface area contributed by atoms with Crippen LogP contribution in [0.1, 0.15) is 363 Å². The Morgan fingerprint density at radius 2 is 0.408 bits per heavy atom. The molecule has 71 heavy (non-hydrogen) atoms. The van der Waals surface area contributed by atoms with Crippen LogP contribution < -0.4 is 0 Å². The first-order valence-electron chi connectivity index (χ1n) is 32.1. The molecule has 0 radical (unpaired) electrons. The van der Waals surface area contributed by atoms with E-state index in [2.05, 4.69) is 41.5 Å². The highest BCUT2D eigenvalue weighted by Crippen LogP contribution is 2.19. The van der Waals surface area contributed by atoms with E-state index >= 15 is 0 Å². The molecule has 1 atom stereocenters. The van der Waals surface area contributed by atoms with E-state index in [-0.39, 0.29) is 31.1 Å². The normalized spacial score (nSPS) is 12.1. The van der Waals surface area contributed by atoms with E-state index in [4.69, 9.17) is 14.2 Å². The minimum atomic E-state index is -0.764. The Balaban J connectivity index is 4.30. The van der Waals surface area contributed by atoms with E-state index in [0.29, 0.717) is 19.3 Å². The highest BCUT2D eigenvalue weighted by molar-refractivity contribution is 5.71.